The Morgan fingerprint density at radius 3 is 2.25 bits per heavy atom. The van der Waals surface area contributed by atoms with Crippen LogP contribution in [0, 0.1) is 0 Å². The van der Waals surface area contributed by atoms with Gasteiger partial charge >= 0.3 is 12.1 Å². The number of ether oxygens (including phenoxy) is 2. The maximum Gasteiger partial charge on any atom is 0.405 e. The third-order valence-corrected chi connectivity index (χ3v) is 1.12. The van der Waals surface area contributed by atoms with E-state index in [1.807, 2.05) is 0 Å². The molecule has 0 bridgehead atoms. The van der Waals surface area contributed by atoms with Crippen molar-refractivity contribution in [2.24, 2.45) is 5.73 Å². The lowest BCUT2D eigenvalue weighted by molar-refractivity contribution is -0.161. The van der Waals surface area contributed by atoms with Gasteiger partial charge in [-0.1, -0.05) is 0 Å². The molecule has 0 fully saturated rings. The van der Waals surface area contributed by atoms with Crippen molar-refractivity contribution < 1.29 is 19.1 Å². The van der Waals surface area contributed by atoms with E-state index in [4.69, 9.17) is 5.73 Å². The van der Waals surface area contributed by atoms with Crippen LogP contribution in [-0.2, 0) is 14.3 Å². The van der Waals surface area contributed by atoms with E-state index in [0.29, 0.717) is 0 Å². The second kappa shape index (κ2) is 3.94. The Labute approximate surface area is 70.8 Å². The van der Waals surface area contributed by atoms with Crippen LogP contribution < -0.4 is 5.73 Å². The molecule has 70 valence electrons. The molecule has 5 nitrogen and oxygen atoms in total. The molecule has 0 spiro atoms. The molecule has 0 heterocycles. The molecule has 0 saturated heterocycles. The van der Waals surface area contributed by atoms with Gasteiger partial charge in [-0.2, -0.15) is 0 Å². The smallest absolute Gasteiger partial charge is 0.405 e. The number of rotatable bonds is 3. The van der Waals surface area contributed by atoms with Crippen LogP contribution in [0.25, 0.3) is 0 Å². The topological polar surface area (TPSA) is 78.6 Å². The van der Waals surface area contributed by atoms with Crippen LogP contribution in [0.3, 0.4) is 0 Å². The SMILES string of the molecule is CCOC(=O)C(C)(C)OC(N)=O. The zero-order valence-electron chi connectivity index (χ0n) is 7.42. The molecule has 5 heteroatoms. The van der Waals surface area contributed by atoms with Crippen LogP contribution in [0.15, 0.2) is 0 Å². The molecule has 0 unspecified atom stereocenters. The van der Waals surface area contributed by atoms with Crippen molar-refractivity contribution in [2.75, 3.05) is 6.61 Å². The highest BCUT2D eigenvalue weighted by molar-refractivity contribution is 5.81. The molecule has 12 heavy (non-hydrogen) atoms. The minimum Gasteiger partial charge on any atom is -0.463 e. The van der Waals surface area contributed by atoms with Gasteiger partial charge in [-0.3, -0.25) is 0 Å². The summed E-state index contributed by atoms with van der Waals surface area (Å²) in [6, 6.07) is 0. The highest BCUT2D eigenvalue weighted by Crippen LogP contribution is 2.10. The van der Waals surface area contributed by atoms with Gasteiger partial charge in [0.05, 0.1) is 6.61 Å². The molecular weight excluding hydrogens is 162 g/mol. The van der Waals surface area contributed by atoms with E-state index in [9.17, 15) is 9.59 Å². The normalized spacial score (nSPS) is 10.6. The third-order valence-electron chi connectivity index (χ3n) is 1.12. The first-order valence-corrected chi connectivity index (χ1v) is 3.56. The maximum absolute atomic E-state index is 11.0. The first-order valence-electron chi connectivity index (χ1n) is 3.56. The fraction of sp³-hybridized carbons (Fsp3) is 0.714. The Kier molecular flexibility index (Phi) is 3.53. The third kappa shape index (κ3) is 3.23. The number of nitrogens with two attached hydrogens (primary N) is 1. The first-order chi connectivity index (χ1) is 5.40. The Bertz CT molecular complexity index is 188. The van der Waals surface area contributed by atoms with Gasteiger partial charge in [-0.05, 0) is 20.8 Å². The molecule has 0 radical (unpaired) electrons. The van der Waals surface area contributed by atoms with Crippen LogP contribution in [0.2, 0.25) is 0 Å². The number of carbonyl (C=O) groups excluding carboxylic acids is 2. The summed E-state index contributed by atoms with van der Waals surface area (Å²) >= 11 is 0. The zero-order valence-corrected chi connectivity index (χ0v) is 7.42. The molecule has 1 amide bonds. The molecule has 0 aromatic rings. The fourth-order valence-electron chi connectivity index (χ4n) is 0.598. The van der Waals surface area contributed by atoms with Gasteiger partial charge in [0.1, 0.15) is 0 Å². The summed E-state index contributed by atoms with van der Waals surface area (Å²) in [5.41, 5.74) is 3.44. The molecule has 0 saturated carbocycles. The molecule has 0 aliphatic carbocycles. The standard InChI is InChI=1S/C7H13NO4/c1-4-11-5(9)7(2,3)12-6(8)10/h4H2,1-3H3,(H2,8,10). The minimum absolute atomic E-state index is 0.240. The monoisotopic (exact) mass is 175 g/mol. The van der Waals surface area contributed by atoms with Crippen molar-refractivity contribution in [3.63, 3.8) is 0 Å². The van der Waals surface area contributed by atoms with Crippen LogP contribution in [0.4, 0.5) is 4.79 Å². The van der Waals surface area contributed by atoms with Gasteiger partial charge in [0.15, 0.2) is 0 Å². The molecule has 0 aliphatic rings. The van der Waals surface area contributed by atoms with E-state index >= 15 is 0 Å². The van der Waals surface area contributed by atoms with E-state index in [2.05, 4.69) is 9.47 Å². The molecule has 0 aliphatic heterocycles. The van der Waals surface area contributed by atoms with Crippen molar-refractivity contribution in [2.45, 2.75) is 26.4 Å². The van der Waals surface area contributed by atoms with Crippen molar-refractivity contribution in [3.8, 4) is 0 Å². The van der Waals surface area contributed by atoms with Gasteiger partial charge in [0, 0.05) is 0 Å². The highest BCUT2D eigenvalue weighted by Gasteiger charge is 2.32. The van der Waals surface area contributed by atoms with Gasteiger partial charge in [0.25, 0.3) is 0 Å². The van der Waals surface area contributed by atoms with Crippen molar-refractivity contribution in [3.05, 3.63) is 0 Å². The highest BCUT2D eigenvalue weighted by atomic mass is 16.6. The summed E-state index contributed by atoms with van der Waals surface area (Å²) in [5, 5.41) is 0. The molecular formula is C7H13NO4. The number of esters is 1. The minimum atomic E-state index is -1.30. The average Bonchev–Trinajstić information content (AvgIpc) is 1.85. The molecule has 0 aromatic heterocycles. The predicted octanol–water partition coefficient (Wildman–Crippen LogP) is 0.423. The lowest BCUT2D eigenvalue weighted by Crippen LogP contribution is -2.40. The number of primary amides is 1. The van der Waals surface area contributed by atoms with Crippen LogP contribution in [0.5, 0.6) is 0 Å². The predicted molar refractivity (Wildman–Crippen MR) is 41.4 cm³/mol. The molecule has 2 N–H and O–H groups in total. The largest absolute Gasteiger partial charge is 0.463 e. The molecule has 0 atom stereocenters. The second-order valence-electron chi connectivity index (χ2n) is 2.65. The van der Waals surface area contributed by atoms with Gasteiger partial charge in [0.2, 0.25) is 5.60 Å². The Hall–Kier alpha value is -1.26. The lowest BCUT2D eigenvalue weighted by atomic mass is 10.1. The van der Waals surface area contributed by atoms with E-state index in [-0.39, 0.29) is 6.61 Å². The summed E-state index contributed by atoms with van der Waals surface area (Å²) in [6.07, 6.45) is -0.993. The van der Waals surface area contributed by atoms with Crippen molar-refractivity contribution in [1.82, 2.24) is 0 Å². The maximum atomic E-state index is 11.0. The van der Waals surface area contributed by atoms with Crippen molar-refractivity contribution in [1.29, 1.82) is 0 Å². The quantitative estimate of drug-likeness (QED) is 0.630. The number of hydrogen-bond acceptors (Lipinski definition) is 4. The van der Waals surface area contributed by atoms with Crippen LogP contribution in [-0.4, -0.2) is 24.3 Å². The van der Waals surface area contributed by atoms with E-state index in [1.165, 1.54) is 13.8 Å². The number of amides is 1. The number of hydrogen-bond donors (Lipinski definition) is 1. The Morgan fingerprint density at radius 1 is 1.42 bits per heavy atom. The van der Waals surface area contributed by atoms with Crippen LogP contribution in [0.1, 0.15) is 20.8 Å². The molecule has 0 rings (SSSR count). The van der Waals surface area contributed by atoms with Gasteiger partial charge in [-0.15, -0.1) is 0 Å². The van der Waals surface area contributed by atoms with Gasteiger partial charge < -0.3 is 15.2 Å². The first kappa shape index (κ1) is 10.7. The van der Waals surface area contributed by atoms with Crippen molar-refractivity contribution >= 4 is 12.1 Å². The number of carbonyl (C=O) groups is 2. The Balaban J connectivity index is 4.18. The molecule has 0 aromatic carbocycles. The summed E-state index contributed by atoms with van der Waals surface area (Å²) in [6.45, 7) is 4.73. The van der Waals surface area contributed by atoms with Crippen LogP contribution >= 0.6 is 0 Å². The zero-order chi connectivity index (χ0) is 9.78. The Morgan fingerprint density at radius 2 is 1.92 bits per heavy atom. The summed E-state index contributed by atoms with van der Waals surface area (Å²) in [7, 11) is 0. The summed E-state index contributed by atoms with van der Waals surface area (Å²) in [5.74, 6) is -0.608. The van der Waals surface area contributed by atoms with E-state index in [1.54, 1.807) is 6.92 Å². The van der Waals surface area contributed by atoms with Gasteiger partial charge in [-0.25, -0.2) is 9.59 Å². The summed E-state index contributed by atoms with van der Waals surface area (Å²) < 4.78 is 9.15. The average molecular weight is 175 g/mol. The fourth-order valence-corrected chi connectivity index (χ4v) is 0.598. The lowest BCUT2D eigenvalue weighted by Gasteiger charge is -2.20. The van der Waals surface area contributed by atoms with E-state index < -0.39 is 17.7 Å². The second-order valence-corrected chi connectivity index (χ2v) is 2.65. The van der Waals surface area contributed by atoms with E-state index in [0.717, 1.165) is 0 Å². The summed E-state index contributed by atoms with van der Waals surface area (Å²) in [4.78, 5) is 21.4.